The minimum Gasteiger partial charge on any atom is -0.331 e. The lowest BCUT2D eigenvalue weighted by Crippen LogP contribution is -1.98. The minimum absolute atomic E-state index is 0.349. The summed E-state index contributed by atoms with van der Waals surface area (Å²) in [5, 5.41) is 3.53. The van der Waals surface area contributed by atoms with Crippen LogP contribution in [-0.4, -0.2) is 15.0 Å². The van der Waals surface area contributed by atoms with Crippen LogP contribution < -0.4 is 5.32 Å². The summed E-state index contributed by atoms with van der Waals surface area (Å²) in [7, 11) is 0. The summed E-state index contributed by atoms with van der Waals surface area (Å²) in [6.07, 6.45) is 3.55. The fourth-order valence-corrected chi connectivity index (χ4v) is 1.03. The summed E-state index contributed by atoms with van der Waals surface area (Å²) in [5.41, 5.74) is 0. The monoisotopic (exact) mass is 200 g/mol. The number of anilines is 1. The van der Waals surface area contributed by atoms with Gasteiger partial charge >= 0.3 is 0 Å². The maximum Gasteiger partial charge on any atom is 0.231 e. The van der Waals surface area contributed by atoms with Crippen molar-refractivity contribution < 1.29 is 0 Å². The average molecular weight is 200 g/mol. The van der Waals surface area contributed by atoms with Crippen LogP contribution in [0.2, 0.25) is 0 Å². The van der Waals surface area contributed by atoms with E-state index < -0.39 is 0 Å². The molecule has 0 amide bonds. The molecule has 0 aliphatic carbocycles. The first kappa shape index (κ1) is 9.34. The van der Waals surface area contributed by atoms with Crippen LogP contribution in [0.4, 0.5) is 5.95 Å². The molecule has 0 aliphatic heterocycles. The van der Waals surface area contributed by atoms with Crippen LogP contribution in [0.1, 0.15) is 6.92 Å². The molecule has 1 heterocycles. The summed E-state index contributed by atoms with van der Waals surface area (Å²) in [4.78, 5) is 11.6. The first-order valence-corrected chi connectivity index (χ1v) is 4.13. The first-order valence-electron chi connectivity index (χ1n) is 3.24. The lowest BCUT2D eigenvalue weighted by molar-refractivity contribution is 0.817. The number of aromatic nitrogens is 3. The first-order chi connectivity index (χ1) is 5.72. The molecular weight excluding hydrogens is 192 g/mol. The molecule has 1 N–H and O–H groups in total. The highest BCUT2D eigenvalue weighted by molar-refractivity contribution is 7.80. The molecule has 1 aromatic heterocycles. The van der Waals surface area contributed by atoms with E-state index in [9.17, 15) is 0 Å². The maximum absolute atomic E-state index is 3.97. The fourth-order valence-electron chi connectivity index (χ4n) is 0.576. The van der Waals surface area contributed by atoms with Crippen LogP contribution in [0.25, 0.3) is 0 Å². The zero-order valence-electron chi connectivity index (χ0n) is 6.39. The van der Waals surface area contributed by atoms with Crippen LogP contribution >= 0.6 is 25.3 Å². The van der Waals surface area contributed by atoms with Gasteiger partial charge in [0.1, 0.15) is 0 Å². The predicted octanol–water partition coefficient (Wildman–Crippen LogP) is 1.39. The second-order valence-corrected chi connectivity index (χ2v) is 2.70. The Bertz CT molecular complexity index is 279. The molecular formula is C6H8N4S2. The van der Waals surface area contributed by atoms with Crippen molar-refractivity contribution >= 4 is 31.2 Å². The van der Waals surface area contributed by atoms with Gasteiger partial charge in [-0.2, -0.15) is 15.0 Å². The summed E-state index contributed by atoms with van der Waals surface area (Å²) in [5.74, 6) is 0.443. The highest BCUT2D eigenvalue weighted by Gasteiger charge is 1.97. The van der Waals surface area contributed by atoms with Gasteiger partial charge in [-0.1, -0.05) is 6.08 Å². The van der Waals surface area contributed by atoms with E-state index in [4.69, 9.17) is 0 Å². The normalized spacial score (nSPS) is 10.6. The lowest BCUT2D eigenvalue weighted by atomic mass is 10.7. The van der Waals surface area contributed by atoms with Crippen LogP contribution in [0, 0.1) is 0 Å². The van der Waals surface area contributed by atoms with Gasteiger partial charge in [0.2, 0.25) is 5.95 Å². The van der Waals surface area contributed by atoms with Gasteiger partial charge in [-0.3, -0.25) is 0 Å². The Kier molecular flexibility index (Phi) is 3.36. The largest absolute Gasteiger partial charge is 0.331 e. The van der Waals surface area contributed by atoms with Crippen LogP contribution in [0.15, 0.2) is 22.6 Å². The van der Waals surface area contributed by atoms with E-state index in [1.54, 1.807) is 6.20 Å². The van der Waals surface area contributed by atoms with Crippen molar-refractivity contribution in [2.75, 3.05) is 5.32 Å². The fraction of sp³-hybridized carbons (Fsp3) is 0.167. The summed E-state index contributed by atoms with van der Waals surface area (Å²) >= 11 is 7.94. The highest BCUT2D eigenvalue weighted by Crippen LogP contribution is 2.06. The van der Waals surface area contributed by atoms with E-state index in [2.05, 4.69) is 45.5 Å². The summed E-state index contributed by atoms with van der Waals surface area (Å²) in [6.45, 7) is 1.89. The molecule has 0 aromatic carbocycles. The third-order valence-electron chi connectivity index (χ3n) is 0.991. The summed E-state index contributed by atoms with van der Waals surface area (Å²) in [6, 6.07) is 0. The Morgan fingerprint density at radius 2 is 1.75 bits per heavy atom. The molecule has 0 radical (unpaired) electrons. The van der Waals surface area contributed by atoms with Crippen LogP contribution in [0.5, 0.6) is 0 Å². The van der Waals surface area contributed by atoms with E-state index in [1.165, 1.54) is 0 Å². The molecule has 0 bridgehead atoms. The predicted molar refractivity (Wildman–Crippen MR) is 52.8 cm³/mol. The van der Waals surface area contributed by atoms with Crippen LogP contribution in [-0.2, 0) is 0 Å². The average Bonchev–Trinajstić information content (AvgIpc) is 1.99. The molecule has 0 saturated carbocycles. The van der Waals surface area contributed by atoms with Crippen molar-refractivity contribution in [3.8, 4) is 0 Å². The number of allylic oxidation sites excluding steroid dienone is 1. The van der Waals surface area contributed by atoms with Gasteiger partial charge in [0, 0.05) is 0 Å². The van der Waals surface area contributed by atoms with E-state index in [0.717, 1.165) is 0 Å². The van der Waals surface area contributed by atoms with Crippen molar-refractivity contribution in [1.29, 1.82) is 0 Å². The number of rotatable bonds is 2. The molecule has 6 heteroatoms. The molecule has 0 aliphatic rings. The number of hydrogen-bond acceptors (Lipinski definition) is 6. The Labute approximate surface area is 81.4 Å². The molecule has 1 aromatic rings. The number of thiol groups is 2. The maximum atomic E-state index is 3.97. The molecule has 0 spiro atoms. The summed E-state index contributed by atoms with van der Waals surface area (Å²) < 4.78 is 0. The van der Waals surface area contributed by atoms with E-state index in [1.807, 2.05) is 13.0 Å². The minimum atomic E-state index is 0.349. The van der Waals surface area contributed by atoms with E-state index in [0.29, 0.717) is 16.3 Å². The van der Waals surface area contributed by atoms with Gasteiger partial charge in [0.05, 0.1) is 0 Å². The van der Waals surface area contributed by atoms with Gasteiger partial charge in [-0.05, 0) is 13.1 Å². The molecule has 0 saturated heterocycles. The molecule has 0 fully saturated rings. The molecule has 0 unspecified atom stereocenters. The lowest BCUT2D eigenvalue weighted by Gasteiger charge is -1.99. The molecule has 1 rings (SSSR count). The second kappa shape index (κ2) is 4.32. The molecule has 0 atom stereocenters. The van der Waals surface area contributed by atoms with E-state index in [-0.39, 0.29) is 0 Å². The topological polar surface area (TPSA) is 50.7 Å². The van der Waals surface area contributed by atoms with Gasteiger partial charge < -0.3 is 5.32 Å². The third kappa shape index (κ3) is 2.71. The van der Waals surface area contributed by atoms with Crippen molar-refractivity contribution in [3.05, 3.63) is 12.3 Å². The van der Waals surface area contributed by atoms with Crippen LogP contribution in [0.3, 0.4) is 0 Å². The van der Waals surface area contributed by atoms with Gasteiger partial charge in [0.25, 0.3) is 0 Å². The SMILES string of the molecule is CC=CNc1nc(S)nc(S)n1. The Morgan fingerprint density at radius 3 is 2.25 bits per heavy atom. The highest BCUT2D eigenvalue weighted by atomic mass is 32.1. The number of nitrogens with one attached hydrogen (secondary N) is 1. The zero-order chi connectivity index (χ0) is 8.97. The Hall–Kier alpha value is -0.750. The Balaban J connectivity index is 2.85. The second-order valence-electron chi connectivity index (χ2n) is 1.90. The van der Waals surface area contributed by atoms with Gasteiger partial charge in [0.15, 0.2) is 10.3 Å². The van der Waals surface area contributed by atoms with Crippen molar-refractivity contribution in [2.45, 2.75) is 17.2 Å². The number of hydrogen-bond donors (Lipinski definition) is 3. The smallest absolute Gasteiger partial charge is 0.231 e. The zero-order valence-corrected chi connectivity index (χ0v) is 8.18. The van der Waals surface area contributed by atoms with Crippen molar-refractivity contribution in [3.63, 3.8) is 0 Å². The number of nitrogens with zero attached hydrogens (tertiary/aromatic N) is 3. The molecule has 4 nitrogen and oxygen atoms in total. The van der Waals surface area contributed by atoms with E-state index >= 15 is 0 Å². The molecule has 12 heavy (non-hydrogen) atoms. The Morgan fingerprint density at radius 1 is 1.17 bits per heavy atom. The molecule has 64 valence electrons. The van der Waals surface area contributed by atoms with Crippen molar-refractivity contribution in [1.82, 2.24) is 15.0 Å². The van der Waals surface area contributed by atoms with Crippen molar-refractivity contribution in [2.24, 2.45) is 0 Å². The third-order valence-corrected chi connectivity index (χ3v) is 1.39. The van der Waals surface area contributed by atoms with Gasteiger partial charge in [-0.25, -0.2) is 0 Å². The van der Waals surface area contributed by atoms with Gasteiger partial charge in [-0.15, -0.1) is 25.3 Å². The quantitative estimate of drug-likeness (QED) is 0.632. The standard InChI is InChI=1S/C6H8N4S2/c1-2-3-7-4-8-5(11)10-6(12)9-4/h2-3H,1H3,(H3,7,8,9,10,11,12).